The molecule has 0 bridgehead atoms. The summed E-state index contributed by atoms with van der Waals surface area (Å²) in [5.41, 5.74) is 4.41. The normalized spacial score (nSPS) is 25.9. The lowest BCUT2D eigenvalue weighted by atomic mass is 10.1. The molecule has 0 saturated heterocycles. The average Bonchev–Trinajstić information content (AvgIpc) is 2.91. The number of hydrogen-bond acceptors (Lipinski definition) is 2. The predicted octanol–water partition coefficient (Wildman–Crippen LogP) is 2.57. The molecule has 1 heterocycles. The number of hydrogen-bond donors (Lipinski definition) is 2. The molecule has 1 aromatic rings. The second kappa shape index (κ2) is 4.79. The summed E-state index contributed by atoms with van der Waals surface area (Å²) in [6.45, 7) is 5.41. The molecule has 2 aliphatic rings. The van der Waals surface area contributed by atoms with Crippen LogP contribution in [0.4, 0.5) is 0 Å². The van der Waals surface area contributed by atoms with Crippen LogP contribution in [0.2, 0.25) is 0 Å². The van der Waals surface area contributed by atoms with E-state index < -0.39 is 0 Å². The van der Waals surface area contributed by atoms with Crippen LogP contribution in [0, 0.1) is 5.92 Å². The van der Waals surface area contributed by atoms with Gasteiger partial charge in [-0.1, -0.05) is 31.5 Å². The highest BCUT2D eigenvalue weighted by atomic mass is 15.0. The monoisotopic (exact) mass is 230 g/mol. The first kappa shape index (κ1) is 11.2. The first-order valence-corrected chi connectivity index (χ1v) is 6.91. The molecule has 1 aromatic carbocycles. The van der Waals surface area contributed by atoms with Crippen LogP contribution in [-0.4, -0.2) is 6.04 Å². The second-order valence-corrected chi connectivity index (χ2v) is 5.48. The number of rotatable bonds is 5. The Hall–Kier alpha value is -0.860. The highest BCUT2D eigenvalue weighted by molar-refractivity contribution is 5.34. The van der Waals surface area contributed by atoms with Crippen molar-refractivity contribution in [1.29, 1.82) is 0 Å². The largest absolute Gasteiger partial charge is 0.310 e. The Morgan fingerprint density at radius 3 is 3.06 bits per heavy atom. The Labute approximate surface area is 104 Å². The Balaban J connectivity index is 1.52. The fraction of sp³-hybridized carbons (Fsp3) is 0.600. The zero-order valence-corrected chi connectivity index (χ0v) is 10.6. The summed E-state index contributed by atoms with van der Waals surface area (Å²) in [4.78, 5) is 0. The van der Waals surface area contributed by atoms with Gasteiger partial charge in [-0.25, -0.2) is 0 Å². The summed E-state index contributed by atoms with van der Waals surface area (Å²) in [6.07, 6.45) is 4.11. The summed E-state index contributed by atoms with van der Waals surface area (Å²) in [5.74, 6) is 0.955. The fourth-order valence-corrected chi connectivity index (χ4v) is 2.89. The van der Waals surface area contributed by atoms with Gasteiger partial charge in [0.1, 0.15) is 0 Å². The summed E-state index contributed by atoms with van der Waals surface area (Å²) in [7, 11) is 0. The van der Waals surface area contributed by atoms with Crippen LogP contribution >= 0.6 is 0 Å². The van der Waals surface area contributed by atoms with Crippen molar-refractivity contribution < 1.29 is 0 Å². The molecule has 0 amide bonds. The minimum Gasteiger partial charge on any atom is -0.310 e. The molecule has 92 valence electrons. The van der Waals surface area contributed by atoms with Crippen molar-refractivity contribution in [3.8, 4) is 0 Å². The van der Waals surface area contributed by atoms with E-state index in [-0.39, 0.29) is 0 Å². The van der Waals surface area contributed by atoms with Gasteiger partial charge in [-0.15, -0.1) is 0 Å². The molecule has 2 nitrogen and oxygen atoms in total. The predicted molar refractivity (Wildman–Crippen MR) is 70.6 cm³/mol. The van der Waals surface area contributed by atoms with Crippen molar-refractivity contribution in [3.05, 3.63) is 34.9 Å². The molecule has 1 saturated carbocycles. The van der Waals surface area contributed by atoms with Crippen molar-refractivity contribution in [2.75, 3.05) is 0 Å². The minimum atomic E-state index is 0.793. The van der Waals surface area contributed by atoms with Crippen molar-refractivity contribution in [1.82, 2.24) is 10.6 Å². The lowest BCUT2D eigenvalue weighted by molar-refractivity contribution is 0.599. The van der Waals surface area contributed by atoms with Crippen LogP contribution in [0.15, 0.2) is 18.2 Å². The maximum absolute atomic E-state index is 3.68. The van der Waals surface area contributed by atoms with E-state index in [1.165, 1.54) is 36.0 Å². The first-order chi connectivity index (χ1) is 8.36. The van der Waals surface area contributed by atoms with Gasteiger partial charge in [0.05, 0.1) is 0 Å². The lowest BCUT2D eigenvalue weighted by Gasteiger charge is -2.06. The lowest BCUT2D eigenvalue weighted by Crippen LogP contribution is -2.17. The maximum atomic E-state index is 3.68. The van der Waals surface area contributed by atoms with E-state index in [1.807, 2.05) is 0 Å². The van der Waals surface area contributed by atoms with Gasteiger partial charge in [-0.3, -0.25) is 0 Å². The smallest absolute Gasteiger partial charge is 0.0212 e. The maximum Gasteiger partial charge on any atom is 0.0212 e. The van der Waals surface area contributed by atoms with E-state index in [1.54, 1.807) is 0 Å². The molecule has 2 unspecified atom stereocenters. The van der Waals surface area contributed by atoms with E-state index >= 15 is 0 Å². The second-order valence-electron chi connectivity index (χ2n) is 5.48. The molecule has 2 atom stereocenters. The molecule has 3 rings (SSSR count). The highest BCUT2D eigenvalue weighted by Crippen LogP contribution is 2.34. The number of fused-ring (bicyclic) bond motifs is 1. The zero-order chi connectivity index (χ0) is 11.7. The van der Waals surface area contributed by atoms with Crippen molar-refractivity contribution in [2.24, 2.45) is 5.92 Å². The Morgan fingerprint density at radius 2 is 2.18 bits per heavy atom. The Kier molecular flexibility index (Phi) is 3.17. The van der Waals surface area contributed by atoms with Crippen LogP contribution in [0.5, 0.6) is 0 Å². The van der Waals surface area contributed by atoms with E-state index in [0.29, 0.717) is 0 Å². The summed E-state index contributed by atoms with van der Waals surface area (Å²) in [5, 5.41) is 7.07. The standard InChI is InChI=1S/C15H22N2/c1-2-3-12-7-15(12)17-8-11-4-5-13-9-16-10-14(13)6-11/h4-6,12,15-17H,2-3,7-10H2,1H3. The van der Waals surface area contributed by atoms with Gasteiger partial charge in [0.2, 0.25) is 0 Å². The van der Waals surface area contributed by atoms with Crippen LogP contribution in [0.3, 0.4) is 0 Å². The van der Waals surface area contributed by atoms with Crippen LogP contribution in [-0.2, 0) is 19.6 Å². The SMILES string of the molecule is CCCC1CC1NCc1ccc2c(c1)CNC2. The zero-order valence-electron chi connectivity index (χ0n) is 10.6. The summed E-state index contributed by atoms with van der Waals surface area (Å²) >= 11 is 0. The van der Waals surface area contributed by atoms with Gasteiger partial charge < -0.3 is 10.6 Å². The number of nitrogens with one attached hydrogen (secondary N) is 2. The van der Waals surface area contributed by atoms with Crippen molar-refractivity contribution >= 4 is 0 Å². The molecule has 0 aromatic heterocycles. The quantitative estimate of drug-likeness (QED) is 0.812. The third kappa shape index (κ3) is 2.53. The topological polar surface area (TPSA) is 24.1 Å². The van der Waals surface area contributed by atoms with Gasteiger partial charge in [-0.2, -0.15) is 0 Å². The Bertz CT molecular complexity index is 400. The van der Waals surface area contributed by atoms with Crippen LogP contribution in [0.25, 0.3) is 0 Å². The van der Waals surface area contributed by atoms with Gasteiger partial charge in [0, 0.05) is 25.7 Å². The van der Waals surface area contributed by atoms with Gasteiger partial charge in [0.25, 0.3) is 0 Å². The molecular formula is C15H22N2. The molecule has 1 aliphatic heterocycles. The third-order valence-corrected chi connectivity index (χ3v) is 4.05. The first-order valence-electron chi connectivity index (χ1n) is 6.91. The van der Waals surface area contributed by atoms with Gasteiger partial charge >= 0.3 is 0 Å². The Morgan fingerprint density at radius 1 is 1.29 bits per heavy atom. The van der Waals surface area contributed by atoms with E-state index in [2.05, 4.69) is 35.8 Å². The summed E-state index contributed by atoms with van der Waals surface area (Å²) < 4.78 is 0. The molecule has 0 spiro atoms. The molecule has 2 heteroatoms. The van der Waals surface area contributed by atoms with Crippen LogP contribution < -0.4 is 10.6 Å². The molecular weight excluding hydrogens is 208 g/mol. The average molecular weight is 230 g/mol. The molecule has 17 heavy (non-hydrogen) atoms. The van der Waals surface area contributed by atoms with Gasteiger partial charge in [-0.05, 0) is 35.4 Å². The fourth-order valence-electron chi connectivity index (χ4n) is 2.89. The molecule has 0 radical (unpaired) electrons. The van der Waals surface area contributed by atoms with E-state index in [9.17, 15) is 0 Å². The minimum absolute atomic E-state index is 0.793. The van der Waals surface area contributed by atoms with Crippen molar-refractivity contribution in [2.45, 2.75) is 51.9 Å². The molecule has 2 N–H and O–H groups in total. The van der Waals surface area contributed by atoms with Crippen molar-refractivity contribution in [3.63, 3.8) is 0 Å². The molecule has 1 aliphatic carbocycles. The highest BCUT2D eigenvalue weighted by Gasteiger charge is 2.35. The van der Waals surface area contributed by atoms with Crippen LogP contribution in [0.1, 0.15) is 42.9 Å². The third-order valence-electron chi connectivity index (χ3n) is 4.05. The van der Waals surface area contributed by atoms with E-state index in [0.717, 1.165) is 31.6 Å². The van der Waals surface area contributed by atoms with E-state index in [4.69, 9.17) is 0 Å². The van der Waals surface area contributed by atoms with Gasteiger partial charge in [0.15, 0.2) is 0 Å². The number of benzene rings is 1. The molecule has 1 fully saturated rings. The summed E-state index contributed by atoms with van der Waals surface area (Å²) in [6, 6.07) is 7.71.